The van der Waals surface area contributed by atoms with Gasteiger partial charge >= 0.3 is 6.18 Å². The lowest BCUT2D eigenvalue weighted by Crippen LogP contribution is -2.23. The van der Waals surface area contributed by atoms with Crippen LogP contribution in [0.1, 0.15) is 13.3 Å². The minimum absolute atomic E-state index is 0.115. The van der Waals surface area contributed by atoms with E-state index in [0.29, 0.717) is 0 Å². The van der Waals surface area contributed by atoms with Crippen molar-refractivity contribution in [3.8, 4) is 0 Å². The summed E-state index contributed by atoms with van der Waals surface area (Å²) in [5.41, 5.74) is 0.866. The summed E-state index contributed by atoms with van der Waals surface area (Å²) in [6.07, 6.45) is 0.527. The fourth-order valence-electron chi connectivity index (χ4n) is 1.22. The van der Waals surface area contributed by atoms with E-state index in [-0.39, 0.29) is 10.3 Å². The first kappa shape index (κ1) is 11.1. The summed E-state index contributed by atoms with van der Waals surface area (Å²) >= 11 is 2.13. The van der Waals surface area contributed by atoms with Crippen LogP contribution in [0.5, 0.6) is 0 Å². The molecule has 2 atom stereocenters. The van der Waals surface area contributed by atoms with Crippen molar-refractivity contribution in [2.24, 2.45) is 5.92 Å². The van der Waals surface area contributed by atoms with Crippen molar-refractivity contribution in [3.05, 3.63) is 23.8 Å². The van der Waals surface area contributed by atoms with Gasteiger partial charge in [0.25, 0.3) is 0 Å². The minimum Gasteiger partial charge on any atom is -0.170 e. The Morgan fingerprint density at radius 2 is 2.15 bits per heavy atom. The van der Waals surface area contributed by atoms with Crippen molar-refractivity contribution in [3.63, 3.8) is 0 Å². The first-order valence-corrected chi connectivity index (χ1v) is 5.24. The van der Waals surface area contributed by atoms with E-state index in [1.54, 1.807) is 6.08 Å². The molecule has 1 aliphatic rings. The molecule has 0 saturated carbocycles. The maximum atomic E-state index is 12.3. The molecule has 0 saturated heterocycles. The summed E-state index contributed by atoms with van der Waals surface area (Å²) in [5.74, 6) is -1.29. The van der Waals surface area contributed by atoms with Crippen molar-refractivity contribution in [1.29, 1.82) is 0 Å². The Labute approximate surface area is 89.0 Å². The predicted molar refractivity (Wildman–Crippen MR) is 54.9 cm³/mol. The topological polar surface area (TPSA) is 0 Å². The van der Waals surface area contributed by atoms with E-state index in [0.717, 1.165) is 5.57 Å². The molecule has 0 N–H and O–H groups in total. The maximum absolute atomic E-state index is 12.3. The highest BCUT2D eigenvalue weighted by atomic mass is 127. The van der Waals surface area contributed by atoms with Crippen molar-refractivity contribution < 1.29 is 13.2 Å². The molecule has 74 valence electrons. The molecule has 0 nitrogen and oxygen atoms in total. The summed E-state index contributed by atoms with van der Waals surface area (Å²) in [7, 11) is 0. The van der Waals surface area contributed by atoms with E-state index in [1.807, 2.05) is 6.92 Å². The fourth-order valence-corrected chi connectivity index (χ4v) is 1.68. The number of allylic oxidation sites excluding steroid dienone is 4. The average Bonchev–Trinajstić information content (AvgIpc) is 2.03. The van der Waals surface area contributed by atoms with Gasteiger partial charge in [-0.05, 0) is 13.3 Å². The molecule has 0 aromatic carbocycles. The summed E-state index contributed by atoms with van der Waals surface area (Å²) in [6.45, 7) is 1.90. The Kier molecular flexibility index (Phi) is 3.43. The van der Waals surface area contributed by atoms with E-state index < -0.39 is 12.1 Å². The van der Waals surface area contributed by atoms with Crippen LogP contribution >= 0.6 is 22.6 Å². The monoisotopic (exact) mass is 302 g/mol. The second-order valence-electron chi connectivity index (χ2n) is 3.09. The van der Waals surface area contributed by atoms with Crippen LogP contribution in [0, 0.1) is 5.92 Å². The predicted octanol–water partition coefficient (Wildman–Crippen LogP) is 3.87. The number of halogens is 4. The van der Waals surface area contributed by atoms with Gasteiger partial charge in [-0.2, -0.15) is 13.2 Å². The largest absolute Gasteiger partial charge is 0.395 e. The van der Waals surface area contributed by atoms with Gasteiger partial charge in [-0.1, -0.05) is 46.4 Å². The van der Waals surface area contributed by atoms with E-state index in [1.165, 1.54) is 12.2 Å². The van der Waals surface area contributed by atoms with E-state index >= 15 is 0 Å². The first-order valence-electron chi connectivity index (χ1n) is 3.99. The lowest BCUT2D eigenvalue weighted by Gasteiger charge is -2.22. The highest BCUT2D eigenvalue weighted by Gasteiger charge is 2.38. The molecule has 0 fully saturated rings. The van der Waals surface area contributed by atoms with Crippen LogP contribution < -0.4 is 0 Å². The lowest BCUT2D eigenvalue weighted by atomic mass is 9.92. The Hall–Kier alpha value is -0.0000000000000000555. The minimum atomic E-state index is -4.10. The fraction of sp³-hybridized carbons (Fsp3) is 0.556. The third-order valence-electron chi connectivity index (χ3n) is 2.04. The Balaban J connectivity index is 2.70. The molecule has 4 heteroatoms. The smallest absolute Gasteiger partial charge is 0.170 e. The van der Waals surface area contributed by atoms with Gasteiger partial charge in [0.1, 0.15) is 0 Å². The second kappa shape index (κ2) is 4.02. The van der Waals surface area contributed by atoms with Crippen molar-refractivity contribution >= 4 is 22.6 Å². The van der Waals surface area contributed by atoms with Gasteiger partial charge < -0.3 is 0 Å². The van der Waals surface area contributed by atoms with Gasteiger partial charge in [-0.3, -0.25) is 0 Å². The highest BCUT2D eigenvalue weighted by Crippen LogP contribution is 2.36. The molecular weight excluding hydrogens is 292 g/mol. The third-order valence-corrected chi connectivity index (χ3v) is 2.84. The highest BCUT2D eigenvalue weighted by molar-refractivity contribution is 14.1. The van der Waals surface area contributed by atoms with Gasteiger partial charge in [-0.15, -0.1) is 0 Å². The molecule has 0 bridgehead atoms. The number of alkyl halides is 4. The molecule has 0 heterocycles. The van der Waals surface area contributed by atoms with Gasteiger partial charge in [-0.25, -0.2) is 0 Å². The molecule has 2 unspecified atom stereocenters. The van der Waals surface area contributed by atoms with Crippen LogP contribution in [0.25, 0.3) is 0 Å². The molecule has 0 radical (unpaired) electrons. The van der Waals surface area contributed by atoms with Crippen LogP contribution in [0.15, 0.2) is 23.8 Å². The lowest BCUT2D eigenvalue weighted by molar-refractivity contribution is -0.160. The second-order valence-corrected chi connectivity index (χ2v) is 4.96. The van der Waals surface area contributed by atoms with Gasteiger partial charge in [0.05, 0.1) is 5.92 Å². The van der Waals surface area contributed by atoms with Crippen LogP contribution in [-0.2, 0) is 0 Å². The van der Waals surface area contributed by atoms with E-state index in [4.69, 9.17) is 0 Å². The zero-order chi connectivity index (χ0) is 10.1. The summed E-state index contributed by atoms with van der Waals surface area (Å²) in [5, 5.41) is 0. The van der Waals surface area contributed by atoms with Crippen LogP contribution in [0.4, 0.5) is 13.2 Å². The Morgan fingerprint density at radius 3 is 2.62 bits per heavy atom. The maximum Gasteiger partial charge on any atom is 0.395 e. The summed E-state index contributed by atoms with van der Waals surface area (Å²) in [6, 6.07) is 0. The summed E-state index contributed by atoms with van der Waals surface area (Å²) < 4.78 is 37.1. The molecule has 13 heavy (non-hydrogen) atoms. The van der Waals surface area contributed by atoms with Crippen LogP contribution in [-0.4, -0.2) is 10.1 Å². The molecule has 1 aliphatic carbocycles. The molecule has 0 spiro atoms. The van der Waals surface area contributed by atoms with Crippen molar-refractivity contribution in [1.82, 2.24) is 0 Å². The number of hydrogen-bond donors (Lipinski definition) is 0. The Morgan fingerprint density at radius 1 is 1.54 bits per heavy atom. The number of rotatable bonds is 1. The zero-order valence-corrected chi connectivity index (χ0v) is 9.26. The SMILES string of the molecule is CC(I)C1=CC=CC(C(F)(F)F)C1. The van der Waals surface area contributed by atoms with Crippen molar-refractivity contribution in [2.45, 2.75) is 23.4 Å². The quantitative estimate of drug-likeness (QED) is 0.509. The van der Waals surface area contributed by atoms with Crippen molar-refractivity contribution in [2.75, 3.05) is 0 Å². The molecular formula is C9H10F3I. The van der Waals surface area contributed by atoms with E-state index in [2.05, 4.69) is 22.6 Å². The van der Waals surface area contributed by atoms with Crippen LogP contribution in [0.2, 0.25) is 0 Å². The van der Waals surface area contributed by atoms with Gasteiger partial charge in [0.2, 0.25) is 0 Å². The summed E-state index contributed by atoms with van der Waals surface area (Å²) in [4.78, 5) is 0. The Bertz CT molecular complexity index is 238. The molecule has 0 aromatic rings. The van der Waals surface area contributed by atoms with E-state index in [9.17, 15) is 13.2 Å². The van der Waals surface area contributed by atoms with Crippen LogP contribution in [0.3, 0.4) is 0 Å². The molecule has 1 rings (SSSR count). The third kappa shape index (κ3) is 3.00. The standard InChI is InChI=1S/C9H10F3I/c1-6(13)7-3-2-4-8(5-7)9(10,11)12/h2-4,6,8H,5H2,1H3. The first-order chi connectivity index (χ1) is 5.91. The normalized spacial score (nSPS) is 25.6. The molecule has 0 aromatic heterocycles. The van der Waals surface area contributed by atoms with Gasteiger partial charge in [0.15, 0.2) is 0 Å². The molecule has 0 aliphatic heterocycles. The molecule has 0 amide bonds. The average molecular weight is 302 g/mol. The zero-order valence-electron chi connectivity index (χ0n) is 7.11. The number of hydrogen-bond acceptors (Lipinski definition) is 0. The van der Waals surface area contributed by atoms with Gasteiger partial charge in [0, 0.05) is 3.92 Å².